The monoisotopic (exact) mass is 425 g/mol. The molecule has 2 atom stereocenters. The second-order valence-corrected chi connectivity index (χ2v) is 7.56. The van der Waals surface area contributed by atoms with Gasteiger partial charge in [-0.15, -0.1) is 0 Å². The highest BCUT2D eigenvalue weighted by molar-refractivity contribution is 5.99. The lowest BCUT2D eigenvalue weighted by atomic mass is 10.1. The third-order valence-corrected chi connectivity index (χ3v) is 5.44. The van der Waals surface area contributed by atoms with Crippen LogP contribution in [-0.2, 0) is 22.4 Å². The molecular formula is C23H27N3O5. The van der Waals surface area contributed by atoms with E-state index in [2.05, 4.69) is 10.6 Å². The number of aryl methyl sites for hydroxylation is 1. The lowest BCUT2D eigenvalue weighted by Crippen LogP contribution is -2.51. The molecule has 8 nitrogen and oxygen atoms in total. The molecule has 1 heterocycles. The Balaban J connectivity index is 1.59. The Morgan fingerprint density at radius 1 is 1.26 bits per heavy atom. The summed E-state index contributed by atoms with van der Waals surface area (Å²) in [5.41, 5.74) is 2.80. The fourth-order valence-corrected chi connectivity index (χ4v) is 3.33. The number of likely N-dealkylation sites (N-methyl/N-ethyl adjacent to an activating group) is 1. The number of benzene rings is 2. The van der Waals surface area contributed by atoms with E-state index in [0.717, 1.165) is 16.9 Å². The topological polar surface area (TPSA) is 108 Å². The lowest BCUT2D eigenvalue weighted by molar-refractivity contribution is -0.129. The van der Waals surface area contributed by atoms with Gasteiger partial charge in [0.25, 0.3) is 0 Å². The number of rotatable bonds is 7. The van der Waals surface area contributed by atoms with E-state index in [-0.39, 0.29) is 5.91 Å². The summed E-state index contributed by atoms with van der Waals surface area (Å²) in [7, 11) is 1.31. The zero-order valence-electron chi connectivity index (χ0n) is 17.6. The molecule has 3 amide bonds. The molecule has 0 aliphatic carbocycles. The number of hydrogen-bond acceptors (Lipinski definition) is 4. The molecule has 0 saturated carbocycles. The fraction of sp³-hybridized carbons (Fsp3) is 0.348. The summed E-state index contributed by atoms with van der Waals surface area (Å²) in [6, 6.07) is 14.0. The zero-order chi connectivity index (χ0) is 22.4. The molecule has 2 aromatic carbocycles. The van der Waals surface area contributed by atoms with Crippen molar-refractivity contribution in [2.75, 3.05) is 19.0 Å². The highest BCUT2D eigenvalue weighted by Gasteiger charge is 2.29. The average molecular weight is 425 g/mol. The summed E-state index contributed by atoms with van der Waals surface area (Å²) in [6.45, 7) is 2.00. The van der Waals surface area contributed by atoms with Gasteiger partial charge >= 0.3 is 6.09 Å². The number of carbonyl (C=O) groups excluding carboxylic acids is 2. The zero-order valence-corrected chi connectivity index (χ0v) is 17.6. The van der Waals surface area contributed by atoms with Crippen LogP contribution in [0, 0.1) is 0 Å². The molecule has 1 aliphatic heterocycles. The van der Waals surface area contributed by atoms with Crippen molar-refractivity contribution in [2.45, 2.75) is 38.3 Å². The number of nitrogens with zero attached hydrogens (tertiary/aromatic N) is 1. The molecule has 0 fully saturated rings. The quantitative estimate of drug-likeness (QED) is 0.632. The van der Waals surface area contributed by atoms with Gasteiger partial charge in [-0.3, -0.25) is 14.5 Å². The predicted octanol–water partition coefficient (Wildman–Crippen LogP) is 2.68. The largest absolute Gasteiger partial charge is 0.493 e. The summed E-state index contributed by atoms with van der Waals surface area (Å²) >= 11 is 0. The van der Waals surface area contributed by atoms with Gasteiger partial charge in [-0.05, 0) is 37.0 Å². The Morgan fingerprint density at radius 2 is 2.00 bits per heavy atom. The van der Waals surface area contributed by atoms with Crippen LogP contribution in [0.5, 0.6) is 5.75 Å². The molecule has 31 heavy (non-hydrogen) atoms. The smallest absolute Gasteiger partial charge is 0.407 e. The van der Waals surface area contributed by atoms with Crippen LogP contribution in [-0.4, -0.2) is 53.7 Å². The third-order valence-electron chi connectivity index (χ3n) is 5.44. The normalized spacial score (nSPS) is 16.3. The summed E-state index contributed by atoms with van der Waals surface area (Å²) in [6.07, 6.45) is 0.580. The second kappa shape index (κ2) is 9.97. The second-order valence-electron chi connectivity index (χ2n) is 7.56. The molecule has 0 bridgehead atoms. The van der Waals surface area contributed by atoms with Crippen LogP contribution in [0.1, 0.15) is 24.5 Å². The van der Waals surface area contributed by atoms with Crippen LogP contribution in [0.4, 0.5) is 10.5 Å². The molecular weight excluding hydrogens is 398 g/mol. The number of ether oxygens (including phenoxy) is 1. The van der Waals surface area contributed by atoms with Crippen molar-refractivity contribution in [3.8, 4) is 5.75 Å². The van der Waals surface area contributed by atoms with Gasteiger partial charge in [0.1, 0.15) is 17.8 Å². The van der Waals surface area contributed by atoms with E-state index in [1.54, 1.807) is 6.07 Å². The highest BCUT2D eigenvalue weighted by atomic mass is 16.5. The Labute approximate surface area is 181 Å². The van der Waals surface area contributed by atoms with Crippen molar-refractivity contribution >= 4 is 23.6 Å². The standard InChI is InChI=1S/C23H27N3O5/c1-15(26(2)23(29)30)21(27)24-19-11-9-17-8-10-18(14-20(17)25-22(19)28)31-13-12-16-6-4-3-5-7-16/h3-8,10,14-15,19H,9,11-13H2,1-2H3,(H,24,27)(H,25,28)(H,29,30)/t15-,19-/m0/s1. The molecule has 0 aromatic heterocycles. The van der Waals surface area contributed by atoms with Gasteiger partial charge < -0.3 is 20.5 Å². The summed E-state index contributed by atoms with van der Waals surface area (Å²) in [5.74, 6) is -0.186. The van der Waals surface area contributed by atoms with Crippen molar-refractivity contribution in [1.29, 1.82) is 0 Å². The Kier molecular flexibility index (Phi) is 7.12. The number of fused-ring (bicyclic) bond motifs is 1. The molecule has 0 spiro atoms. The van der Waals surface area contributed by atoms with Crippen LogP contribution in [0.15, 0.2) is 48.5 Å². The number of carboxylic acid groups (broad SMARTS) is 1. The number of nitrogens with one attached hydrogen (secondary N) is 2. The Morgan fingerprint density at radius 3 is 2.71 bits per heavy atom. The summed E-state index contributed by atoms with van der Waals surface area (Å²) in [4.78, 5) is 37.0. The van der Waals surface area contributed by atoms with Gasteiger partial charge in [0, 0.05) is 25.2 Å². The first-order valence-electron chi connectivity index (χ1n) is 10.2. The summed E-state index contributed by atoms with van der Waals surface area (Å²) in [5, 5.41) is 14.5. The predicted molar refractivity (Wildman–Crippen MR) is 116 cm³/mol. The van der Waals surface area contributed by atoms with Gasteiger partial charge in [0.15, 0.2) is 0 Å². The molecule has 0 unspecified atom stereocenters. The molecule has 2 aromatic rings. The van der Waals surface area contributed by atoms with Crippen LogP contribution >= 0.6 is 0 Å². The van der Waals surface area contributed by atoms with E-state index >= 15 is 0 Å². The van der Waals surface area contributed by atoms with Gasteiger partial charge in [-0.2, -0.15) is 0 Å². The van der Waals surface area contributed by atoms with Crippen molar-refractivity contribution < 1.29 is 24.2 Å². The van der Waals surface area contributed by atoms with E-state index in [0.29, 0.717) is 30.9 Å². The van der Waals surface area contributed by atoms with Crippen molar-refractivity contribution in [2.24, 2.45) is 0 Å². The van der Waals surface area contributed by atoms with Crippen LogP contribution in [0.2, 0.25) is 0 Å². The van der Waals surface area contributed by atoms with E-state index < -0.39 is 24.1 Å². The van der Waals surface area contributed by atoms with E-state index in [1.807, 2.05) is 42.5 Å². The molecule has 3 N–H and O–H groups in total. The van der Waals surface area contributed by atoms with Crippen molar-refractivity contribution in [3.05, 3.63) is 59.7 Å². The van der Waals surface area contributed by atoms with Crippen molar-refractivity contribution in [1.82, 2.24) is 10.2 Å². The van der Waals surface area contributed by atoms with Crippen molar-refractivity contribution in [3.63, 3.8) is 0 Å². The maximum atomic E-state index is 12.7. The van der Waals surface area contributed by atoms with Crippen LogP contribution in [0.3, 0.4) is 0 Å². The first-order chi connectivity index (χ1) is 14.8. The van der Waals surface area contributed by atoms with E-state index in [1.165, 1.54) is 19.5 Å². The Hall–Kier alpha value is -3.55. The molecule has 8 heteroatoms. The van der Waals surface area contributed by atoms with Gasteiger partial charge in [0.2, 0.25) is 11.8 Å². The minimum Gasteiger partial charge on any atom is -0.493 e. The highest BCUT2D eigenvalue weighted by Crippen LogP contribution is 2.27. The minimum absolute atomic E-state index is 0.335. The molecule has 0 saturated heterocycles. The maximum absolute atomic E-state index is 12.7. The van der Waals surface area contributed by atoms with Crippen LogP contribution < -0.4 is 15.4 Å². The number of amides is 3. The Bertz CT molecular complexity index is 947. The number of carbonyl (C=O) groups is 3. The van der Waals surface area contributed by atoms with Gasteiger partial charge in [-0.25, -0.2) is 4.79 Å². The van der Waals surface area contributed by atoms with Gasteiger partial charge in [-0.1, -0.05) is 36.4 Å². The third kappa shape index (κ3) is 5.75. The SMILES string of the molecule is C[C@@H](C(=O)N[C@H]1CCc2ccc(OCCc3ccccc3)cc2NC1=O)N(C)C(=O)O. The minimum atomic E-state index is -1.21. The molecule has 0 radical (unpaired) electrons. The molecule has 3 rings (SSSR count). The fourth-order valence-electron chi connectivity index (χ4n) is 3.33. The number of anilines is 1. The van der Waals surface area contributed by atoms with E-state index in [4.69, 9.17) is 9.84 Å². The summed E-state index contributed by atoms with van der Waals surface area (Å²) < 4.78 is 5.84. The number of hydrogen-bond donors (Lipinski definition) is 3. The average Bonchev–Trinajstić information content (AvgIpc) is 2.91. The van der Waals surface area contributed by atoms with E-state index in [9.17, 15) is 14.4 Å². The van der Waals surface area contributed by atoms with Gasteiger partial charge in [0.05, 0.1) is 6.61 Å². The molecule has 1 aliphatic rings. The molecule has 164 valence electrons. The van der Waals surface area contributed by atoms with Crippen LogP contribution in [0.25, 0.3) is 0 Å². The lowest BCUT2D eigenvalue weighted by Gasteiger charge is -2.23. The maximum Gasteiger partial charge on any atom is 0.407 e. The first-order valence-corrected chi connectivity index (χ1v) is 10.2. The first kappa shape index (κ1) is 22.1.